The van der Waals surface area contributed by atoms with E-state index >= 15 is 0 Å². The third-order valence-electron chi connectivity index (χ3n) is 5.92. The highest BCUT2D eigenvalue weighted by molar-refractivity contribution is 4.93. The molecule has 110 valence electrons. The summed E-state index contributed by atoms with van der Waals surface area (Å²) in [5.41, 5.74) is 0. The second-order valence-electron chi connectivity index (χ2n) is 6.97. The highest BCUT2D eigenvalue weighted by Crippen LogP contribution is 2.29. The zero-order valence-corrected chi connectivity index (χ0v) is 12.8. The first-order valence-electron chi connectivity index (χ1n) is 8.47. The molecule has 0 spiro atoms. The van der Waals surface area contributed by atoms with Crippen molar-refractivity contribution < 1.29 is 0 Å². The average Bonchev–Trinajstić information content (AvgIpc) is 2.48. The second-order valence-corrected chi connectivity index (χ2v) is 6.97. The van der Waals surface area contributed by atoms with Crippen LogP contribution < -0.4 is 5.32 Å². The van der Waals surface area contributed by atoms with Crippen LogP contribution in [0.4, 0.5) is 0 Å². The van der Waals surface area contributed by atoms with Crippen molar-refractivity contribution in [1.29, 1.82) is 0 Å². The summed E-state index contributed by atoms with van der Waals surface area (Å²) < 4.78 is 0. The quantitative estimate of drug-likeness (QED) is 0.836. The molecule has 0 aliphatic carbocycles. The van der Waals surface area contributed by atoms with E-state index in [0.29, 0.717) is 6.04 Å². The van der Waals surface area contributed by atoms with E-state index in [1.54, 1.807) is 0 Å². The van der Waals surface area contributed by atoms with Crippen molar-refractivity contribution in [3.8, 4) is 0 Å². The van der Waals surface area contributed by atoms with Crippen molar-refractivity contribution in [2.75, 3.05) is 39.3 Å². The van der Waals surface area contributed by atoms with Gasteiger partial charge in [0.2, 0.25) is 0 Å². The number of nitrogens with one attached hydrogen (secondary N) is 1. The molecule has 2 unspecified atom stereocenters. The molecule has 1 N–H and O–H groups in total. The lowest BCUT2D eigenvalue weighted by atomic mass is 9.82. The summed E-state index contributed by atoms with van der Waals surface area (Å²) in [7, 11) is 0. The predicted molar refractivity (Wildman–Crippen MR) is 80.4 cm³/mol. The Bertz CT molecular complexity index is 278. The summed E-state index contributed by atoms with van der Waals surface area (Å²) in [6.07, 6.45) is 5.64. The Hall–Kier alpha value is -0.120. The van der Waals surface area contributed by atoms with Crippen LogP contribution in [-0.4, -0.2) is 61.2 Å². The van der Waals surface area contributed by atoms with E-state index in [2.05, 4.69) is 29.0 Å². The maximum absolute atomic E-state index is 3.99. The van der Waals surface area contributed by atoms with Crippen molar-refractivity contribution in [1.82, 2.24) is 15.1 Å². The number of piperidine rings is 4. The van der Waals surface area contributed by atoms with Crippen LogP contribution in [0.15, 0.2) is 0 Å². The molecule has 0 aromatic heterocycles. The van der Waals surface area contributed by atoms with Crippen molar-refractivity contribution in [2.45, 2.75) is 51.6 Å². The molecule has 2 bridgehead atoms. The van der Waals surface area contributed by atoms with Gasteiger partial charge < -0.3 is 15.1 Å². The van der Waals surface area contributed by atoms with Gasteiger partial charge in [-0.25, -0.2) is 0 Å². The Balaban J connectivity index is 1.47. The molecule has 3 heteroatoms. The van der Waals surface area contributed by atoms with E-state index in [1.165, 1.54) is 65.0 Å². The van der Waals surface area contributed by atoms with Gasteiger partial charge in [-0.05, 0) is 77.2 Å². The third kappa shape index (κ3) is 3.14. The Morgan fingerprint density at radius 1 is 1.05 bits per heavy atom. The molecule has 2 atom stereocenters. The molecule has 4 heterocycles. The maximum Gasteiger partial charge on any atom is 0.0226 e. The van der Waals surface area contributed by atoms with Crippen LogP contribution in [-0.2, 0) is 0 Å². The smallest absolute Gasteiger partial charge is 0.0226 e. The first-order valence-corrected chi connectivity index (χ1v) is 8.47. The van der Waals surface area contributed by atoms with Crippen molar-refractivity contribution >= 4 is 0 Å². The Labute approximate surface area is 118 Å². The molecule has 0 saturated carbocycles. The van der Waals surface area contributed by atoms with Gasteiger partial charge >= 0.3 is 0 Å². The third-order valence-corrected chi connectivity index (χ3v) is 5.92. The lowest BCUT2D eigenvalue weighted by Gasteiger charge is -2.47. The van der Waals surface area contributed by atoms with E-state index in [4.69, 9.17) is 0 Å². The second kappa shape index (κ2) is 6.11. The molecular formula is C16H31N3. The SMILES string of the molecule is CCN1CCC(C(C)NC2CN3CCC2CC3)CC1. The van der Waals surface area contributed by atoms with Gasteiger partial charge in [-0.1, -0.05) is 6.92 Å². The maximum atomic E-state index is 3.99. The first-order chi connectivity index (χ1) is 9.26. The molecule has 19 heavy (non-hydrogen) atoms. The van der Waals surface area contributed by atoms with Crippen LogP contribution in [0, 0.1) is 11.8 Å². The fraction of sp³-hybridized carbons (Fsp3) is 1.00. The molecule has 4 aliphatic heterocycles. The fourth-order valence-electron chi connectivity index (χ4n) is 4.40. The lowest BCUT2D eigenvalue weighted by Crippen LogP contribution is -2.59. The molecule has 4 rings (SSSR count). The van der Waals surface area contributed by atoms with E-state index in [1.807, 2.05) is 0 Å². The van der Waals surface area contributed by atoms with Crippen molar-refractivity contribution in [3.63, 3.8) is 0 Å². The summed E-state index contributed by atoms with van der Waals surface area (Å²) in [5, 5.41) is 3.99. The summed E-state index contributed by atoms with van der Waals surface area (Å²) in [6.45, 7) is 12.6. The molecule has 0 amide bonds. The van der Waals surface area contributed by atoms with Gasteiger partial charge in [0.05, 0.1) is 0 Å². The van der Waals surface area contributed by atoms with Crippen LogP contribution in [0.1, 0.15) is 39.5 Å². The first kappa shape index (κ1) is 13.8. The highest BCUT2D eigenvalue weighted by Gasteiger charge is 2.35. The predicted octanol–water partition coefficient (Wildman–Crippen LogP) is 1.79. The van der Waals surface area contributed by atoms with Crippen LogP contribution in [0.3, 0.4) is 0 Å². The summed E-state index contributed by atoms with van der Waals surface area (Å²) in [5.74, 6) is 1.86. The standard InChI is InChI=1S/C16H31N3/c1-3-18-8-4-14(5-9-18)13(2)17-16-12-19-10-6-15(16)7-11-19/h13-17H,3-12H2,1-2H3. The summed E-state index contributed by atoms with van der Waals surface area (Å²) in [6, 6.07) is 1.49. The number of hydrogen-bond donors (Lipinski definition) is 1. The fourth-order valence-corrected chi connectivity index (χ4v) is 4.40. The van der Waals surface area contributed by atoms with Gasteiger partial charge in [-0.15, -0.1) is 0 Å². The Morgan fingerprint density at radius 3 is 2.26 bits per heavy atom. The van der Waals surface area contributed by atoms with Gasteiger partial charge in [0.25, 0.3) is 0 Å². The number of hydrogen-bond acceptors (Lipinski definition) is 3. The minimum Gasteiger partial charge on any atom is -0.310 e. The number of rotatable bonds is 4. The Kier molecular flexibility index (Phi) is 4.45. The molecule has 4 fully saturated rings. The van der Waals surface area contributed by atoms with Crippen molar-refractivity contribution in [2.24, 2.45) is 11.8 Å². The Morgan fingerprint density at radius 2 is 1.74 bits per heavy atom. The summed E-state index contributed by atoms with van der Waals surface area (Å²) >= 11 is 0. The molecule has 0 aromatic carbocycles. The van der Waals surface area contributed by atoms with Gasteiger partial charge in [-0.2, -0.15) is 0 Å². The van der Waals surface area contributed by atoms with Crippen LogP contribution in [0.5, 0.6) is 0 Å². The van der Waals surface area contributed by atoms with Crippen molar-refractivity contribution in [3.05, 3.63) is 0 Å². The summed E-state index contributed by atoms with van der Waals surface area (Å²) in [4.78, 5) is 5.25. The zero-order chi connectivity index (χ0) is 13.2. The van der Waals surface area contributed by atoms with Gasteiger partial charge in [0.15, 0.2) is 0 Å². The van der Waals surface area contributed by atoms with E-state index in [9.17, 15) is 0 Å². The van der Waals surface area contributed by atoms with Crippen LogP contribution in [0.2, 0.25) is 0 Å². The van der Waals surface area contributed by atoms with E-state index < -0.39 is 0 Å². The largest absolute Gasteiger partial charge is 0.310 e. The highest BCUT2D eigenvalue weighted by atomic mass is 15.2. The minimum absolute atomic E-state index is 0.713. The molecule has 4 aliphatic rings. The minimum atomic E-state index is 0.713. The van der Waals surface area contributed by atoms with E-state index in [0.717, 1.165) is 17.9 Å². The van der Waals surface area contributed by atoms with Gasteiger partial charge in [-0.3, -0.25) is 0 Å². The molecular weight excluding hydrogens is 234 g/mol. The normalized spacial score (nSPS) is 38.5. The molecule has 4 saturated heterocycles. The topological polar surface area (TPSA) is 18.5 Å². The number of fused-ring (bicyclic) bond motifs is 3. The zero-order valence-electron chi connectivity index (χ0n) is 12.8. The monoisotopic (exact) mass is 265 g/mol. The van der Waals surface area contributed by atoms with Crippen LogP contribution >= 0.6 is 0 Å². The number of nitrogens with zero attached hydrogens (tertiary/aromatic N) is 2. The van der Waals surface area contributed by atoms with Crippen LogP contribution in [0.25, 0.3) is 0 Å². The molecule has 0 radical (unpaired) electrons. The molecule has 0 aromatic rings. The lowest BCUT2D eigenvalue weighted by molar-refractivity contribution is 0.0590. The number of likely N-dealkylation sites (tertiary alicyclic amines) is 1. The van der Waals surface area contributed by atoms with Gasteiger partial charge in [0, 0.05) is 18.6 Å². The average molecular weight is 265 g/mol. The molecule has 3 nitrogen and oxygen atoms in total. The van der Waals surface area contributed by atoms with Gasteiger partial charge in [0.1, 0.15) is 0 Å². The van der Waals surface area contributed by atoms with E-state index in [-0.39, 0.29) is 0 Å².